The summed E-state index contributed by atoms with van der Waals surface area (Å²) < 4.78 is 39.1. The van der Waals surface area contributed by atoms with Gasteiger partial charge in [-0.05, 0) is 37.6 Å². The minimum atomic E-state index is -4.53. The van der Waals surface area contributed by atoms with Crippen LogP contribution in [0.25, 0.3) is 0 Å². The molecular weight excluding hydrogens is 435 g/mol. The lowest BCUT2D eigenvalue weighted by atomic mass is 9.98. The number of amides is 1. The zero-order valence-electron chi connectivity index (χ0n) is 17.3. The Balaban J connectivity index is 2.32. The molecule has 0 aromatic heterocycles. The highest BCUT2D eigenvalue weighted by Crippen LogP contribution is 2.32. The third kappa shape index (κ3) is 6.21. The van der Waals surface area contributed by atoms with Gasteiger partial charge in [-0.1, -0.05) is 40.1 Å². The van der Waals surface area contributed by atoms with Crippen LogP contribution in [-0.2, 0) is 27.3 Å². The van der Waals surface area contributed by atoms with Crippen LogP contribution in [0.15, 0.2) is 46.7 Å². The number of alkyl halides is 3. The van der Waals surface area contributed by atoms with E-state index in [-0.39, 0.29) is 28.6 Å². The van der Waals surface area contributed by atoms with E-state index in [1.807, 2.05) is 13.0 Å². The van der Waals surface area contributed by atoms with E-state index in [4.69, 9.17) is 21.3 Å². The van der Waals surface area contributed by atoms with Crippen LogP contribution in [0.1, 0.15) is 34.7 Å². The first-order chi connectivity index (χ1) is 14.6. The van der Waals surface area contributed by atoms with Crippen molar-refractivity contribution < 1.29 is 27.6 Å². The van der Waals surface area contributed by atoms with Gasteiger partial charge >= 0.3 is 6.18 Å². The summed E-state index contributed by atoms with van der Waals surface area (Å²) in [6.07, 6.45) is -4.53. The maximum Gasteiger partial charge on any atom is 0.416 e. The quantitative estimate of drug-likeness (QED) is 0.485. The zero-order chi connectivity index (χ0) is 23.2. The van der Waals surface area contributed by atoms with Crippen molar-refractivity contribution in [1.82, 2.24) is 5.32 Å². The number of oxime groups is 2. The normalized spacial score (nSPS) is 12.5. The predicted molar refractivity (Wildman–Crippen MR) is 112 cm³/mol. The van der Waals surface area contributed by atoms with Gasteiger partial charge in [0.15, 0.2) is 5.71 Å². The molecule has 1 N–H and O–H groups in total. The van der Waals surface area contributed by atoms with Crippen molar-refractivity contribution in [3.63, 3.8) is 0 Å². The molecule has 0 unspecified atom stereocenters. The zero-order valence-corrected chi connectivity index (χ0v) is 18.1. The average molecular weight is 456 g/mol. The molecule has 0 atom stereocenters. The first-order valence-electron chi connectivity index (χ1n) is 9.05. The topological polar surface area (TPSA) is 72.3 Å². The Morgan fingerprint density at radius 2 is 1.90 bits per heavy atom. The first-order valence-corrected chi connectivity index (χ1v) is 9.43. The van der Waals surface area contributed by atoms with Crippen molar-refractivity contribution in [1.29, 1.82) is 0 Å². The van der Waals surface area contributed by atoms with E-state index >= 15 is 0 Å². The second-order valence-corrected chi connectivity index (χ2v) is 6.92. The van der Waals surface area contributed by atoms with Crippen LogP contribution < -0.4 is 5.32 Å². The highest BCUT2D eigenvalue weighted by Gasteiger charge is 2.31. The molecule has 2 aromatic rings. The van der Waals surface area contributed by atoms with Crippen LogP contribution in [0.5, 0.6) is 0 Å². The van der Waals surface area contributed by atoms with E-state index < -0.39 is 17.6 Å². The van der Waals surface area contributed by atoms with Crippen molar-refractivity contribution in [2.24, 2.45) is 10.3 Å². The molecule has 0 aliphatic rings. The molecule has 2 rings (SSSR count). The summed E-state index contributed by atoms with van der Waals surface area (Å²) in [6, 6.07) is 8.41. The maximum atomic E-state index is 13.0. The number of nitrogens with one attached hydrogen (secondary N) is 1. The Kier molecular flexibility index (Phi) is 8.04. The highest BCUT2D eigenvalue weighted by atomic mass is 35.5. The lowest BCUT2D eigenvalue weighted by Gasteiger charge is -2.13. The number of aryl methyl sites for hydroxylation is 1. The van der Waals surface area contributed by atoms with Crippen LogP contribution in [-0.4, -0.2) is 31.5 Å². The molecule has 0 saturated heterocycles. The molecule has 0 radical (unpaired) electrons. The summed E-state index contributed by atoms with van der Waals surface area (Å²) in [5, 5.41) is 10.1. The lowest BCUT2D eigenvalue weighted by Crippen LogP contribution is -2.29. The fourth-order valence-electron chi connectivity index (χ4n) is 2.75. The number of carbonyl (C=O) groups is 1. The molecule has 2 aromatic carbocycles. The van der Waals surface area contributed by atoms with E-state index in [1.165, 1.54) is 27.1 Å². The molecule has 0 aliphatic carbocycles. The highest BCUT2D eigenvalue weighted by molar-refractivity contribution is 6.45. The van der Waals surface area contributed by atoms with Crippen molar-refractivity contribution in [3.05, 3.63) is 69.2 Å². The van der Waals surface area contributed by atoms with Gasteiger partial charge in [0.1, 0.15) is 13.7 Å². The van der Waals surface area contributed by atoms with Crippen molar-refractivity contribution in [2.75, 3.05) is 14.2 Å². The number of nitrogens with zero attached hydrogens (tertiary/aromatic N) is 2. The minimum absolute atomic E-state index is 0.0498. The smallest absolute Gasteiger partial charge is 0.398 e. The molecule has 0 saturated carbocycles. The fourth-order valence-corrected chi connectivity index (χ4v) is 2.98. The van der Waals surface area contributed by atoms with Crippen LogP contribution in [0, 0.1) is 6.92 Å². The third-order valence-corrected chi connectivity index (χ3v) is 4.56. The fraction of sp³-hybridized carbons (Fsp3) is 0.286. The largest absolute Gasteiger partial charge is 0.416 e. The molecule has 31 heavy (non-hydrogen) atoms. The monoisotopic (exact) mass is 455 g/mol. The second kappa shape index (κ2) is 10.3. The number of likely N-dealkylation sites (N-methyl/N-ethyl adjacent to an activating group) is 1. The number of hydrogen-bond donors (Lipinski definition) is 1. The Hall–Kier alpha value is -3.07. The number of halogens is 4. The first kappa shape index (κ1) is 24.2. The van der Waals surface area contributed by atoms with E-state index in [0.29, 0.717) is 11.1 Å². The molecular formula is C21H21ClF3N3O3. The van der Waals surface area contributed by atoms with Gasteiger partial charge in [0.25, 0.3) is 5.91 Å². The van der Waals surface area contributed by atoms with E-state index in [2.05, 4.69) is 15.6 Å². The lowest BCUT2D eigenvalue weighted by molar-refractivity contribution is -0.137. The van der Waals surface area contributed by atoms with Crippen LogP contribution in [0.4, 0.5) is 13.2 Å². The molecule has 0 heterocycles. The van der Waals surface area contributed by atoms with Gasteiger partial charge in [-0.2, -0.15) is 13.2 Å². The second-order valence-electron chi connectivity index (χ2n) is 6.48. The molecule has 0 aliphatic heterocycles. The summed E-state index contributed by atoms with van der Waals surface area (Å²) in [7, 11) is 2.79. The molecule has 1 amide bonds. The summed E-state index contributed by atoms with van der Waals surface area (Å²) in [4.78, 5) is 22.4. The minimum Gasteiger partial charge on any atom is -0.398 e. The molecule has 0 bridgehead atoms. The standard InChI is InChI=1S/C21H21ClF3N3O3/c1-12-6-5-7-17(19(28-30-4)20(29)26-3)18(12)11-31-27-13(2)14-8-15(21(23,24)25)10-16(22)9-14/h5-10H,11H2,1-4H3,(H,26,29)/b27-13+,28-19+. The van der Waals surface area contributed by atoms with Gasteiger partial charge in [-0.15, -0.1) is 0 Å². The average Bonchev–Trinajstić information content (AvgIpc) is 2.71. The Bertz CT molecular complexity index is 1020. The molecule has 0 spiro atoms. The maximum absolute atomic E-state index is 13.0. The van der Waals surface area contributed by atoms with E-state index in [9.17, 15) is 18.0 Å². The number of rotatable bonds is 7. The van der Waals surface area contributed by atoms with Crippen molar-refractivity contribution >= 4 is 28.9 Å². The van der Waals surface area contributed by atoms with E-state index in [1.54, 1.807) is 12.1 Å². The van der Waals surface area contributed by atoms with Gasteiger partial charge < -0.3 is 15.0 Å². The summed E-state index contributed by atoms with van der Waals surface area (Å²) in [5.74, 6) is -0.452. The molecule has 10 heteroatoms. The van der Waals surface area contributed by atoms with Gasteiger partial charge in [0.05, 0.1) is 11.3 Å². The van der Waals surface area contributed by atoms with Crippen molar-refractivity contribution in [2.45, 2.75) is 26.6 Å². The van der Waals surface area contributed by atoms with Gasteiger partial charge in [-0.25, -0.2) is 0 Å². The van der Waals surface area contributed by atoms with Crippen LogP contribution in [0.2, 0.25) is 5.02 Å². The third-order valence-electron chi connectivity index (χ3n) is 4.34. The number of carbonyl (C=O) groups excluding carboxylic acids is 1. The Morgan fingerprint density at radius 3 is 2.52 bits per heavy atom. The summed E-state index contributed by atoms with van der Waals surface area (Å²) in [5.41, 5.74) is 1.48. The number of hydrogen-bond acceptors (Lipinski definition) is 5. The Labute approximate surface area is 182 Å². The Morgan fingerprint density at radius 1 is 1.19 bits per heavy atom. The molecule has 0 fully saturated rings. The SMILES string of the molecule is CNC(=O)/C(=N/OC)c1cccc(C)c1CO/N=C(\C)c1cc(Cl)cc(C(F)(F)F)c1. The summed E-state index contributed by atoms with van der Waals surface area (Å²) in [6.45, 7) is 3.28. The van der Waals surface area contributed by atoms with Gasteiger partial charge in [-0.3, -0.25) is 4.79 Å². The predicted octanol–water partition coefficient (Wildman–Crippen LogP) is 4.70. The van der Waals surface area contributed by atoms with Gasteiger partial charge in [0, 0.05) is 28.8 Å². The number of benzene rings is 2. The van der Waals surface area contributed by atoms with Crippen molar-refractivity contribution in [3.8, 4) is 0 Å². The molecule has 6 nitrogen and oxygen atoms in total. The van der Waals surface area contributed by atoms with Crippen LogP contribution >= 0.6 is 11.6 Å². The molecule has 166 valence electrons. The van der Waals surface area contributed by atoms with E-state index in [0.717, 1.165) is 17.7 Å². The van der Waals surface area contributed by atoms with Gasteiger partial charge in [0.2, 0.25) is 0 Å². The van der Waals surface area contributed by atoms with Crippen LogP contribution in [0.3, 0.4) is 0 Å². The summed E-state index contributed by atoms with van der Waals surface area (Å²) >= 11 is 5.82.